The smallest absolute Gasteiger partial charge is 0.244 e. The Balaban J connectivity index is 1.77. The summed E-state index contributed by atoms with van der Waals surface area (Å²) >= 11 is 0. The molecule has 0 aliphatic carbocycles. The van der Waals surface area contributed by atoms with Crippen molar-refractivity contribution < 1.29 is 18.8 Å². The van der Waals surface area contributed by atoms with E-state index in [0.29, 0.717) is 5.56 Å². The van der Waals surface area contributed by atoms with Gasteiger partial charge in [0.1, 0.15) is 5.82 Å². The molecular weight excluding hydrogens is 275 g/mol. The van der Waals surface area contributed by atoms with Crippen molar-refractivity contribution in [3.8, 4) is 0 Å². The molecule has 5 nitrogen and oxygen atoms in total. The highest BCUT2D eigenvalue weighted by molar-refractivity contribution is 6.02. The first kappa shape index (κ1) is 14.9. The Morgan fingerprint density at radius 3 is 2.67 bits per heavy atom. The van der Waals surface area contributed by atoms with Crippen LogP contribution in [0.1, 0.15) is 18.4 Å². The summed E-state index contributed by atoms with van der Waals surface area (Å²) in [7, 11) is 0. The maximum absolute atomic E-state index is 12.9. The Hall–Kier alpha value is -2.50. The fourth-order valence-electron chi connectivity index (χ4n) is 2.00. The molecule has 6 heteroatoms. The lowest BCUT2D eigenvalue weighted by Crippen LogP contribution is -2.37. The number of rotatable bonds is 5. The van der Waals surface area contributed by atoms with E-state index in [1.165, 1.54) is 24.3 Å². The number of benzene rings is 1. The van der Waals surface area contributed by atoms with E-state index in [1.54, 1.807) is 12.1 Å². The molecule has 21 heavy (non-hydrogen) atoms. The second kappa shape index (κ2) is 6.78. The van der Waals surface area contributed by atoms with Crippen LogP contribution in [0.2, 0.25) is 0 Å². The first-order valence-electron chi connectivity index (χ1n) is 6.61. The Morgan fingerprint density at radius 1 is 1.29 bits per heavy atom. The van der Waals surface area contributed by atoms with Crippen molar-refractivity contribution in [1.82, 2.24) is 10.2 Å². The van der Waals surface area contributed by atoms with Crippen LogP contribution in [0.5, 0.6) is 0 Å². The SMILES string of the molecule is O=C(C=Cc1cccc(F)c1)NCCN1C(=O)CCC1=O. The van der Waals surface area contributed by atoms with Crippen molar-refractivity contribution in [3.05, 3.63) is 41.7 Å². The van der Waals surface area contributed by atoms with E-state index in [0.717, 1.165) is 4.90 Å². The monoisotopic (exact) mass is 290 g/mol. The molecule has 0 aromatic heterocycles. The molecular formula is C15H15FN2O3. The predicted molar refractivity (Wildman–Crippen MR) is 74.4 cm³/mol. The molecule has 1 heterocycles. The Morgan fingerprint density at radius 2 is 2.00 bits per heavy atom. The summed E-state index contributed by atoms with van der Waals surface area (Å²) in [6.07, 6.45) is 3.26. The largest absolute Gasteiger partial charge is 0.351 e. The second-order valence-electron chi connectivity index (χ2n) is 4.62. The Labute approximate surface area is 121 Å². The second-order valence-corrected chi connectivity index (χ2v) is 4.62. The third kappa shape index (κ3) is 4.24. The number of imide groups is 1. The van der Waals surface area contributed by atoms with Crippen LogP contribution in [0.4, 0.5) is 4.39 Å². The van der Waals surface area contributed by atoms with E-state index in [9.17, 15) is 18.8 Å². The number of carbonyl (C=O) groups excluding carboxylic acids is 3. The van der Waals surface area contributed by atoms with Crippen molar-refractivity contribution >= 4 is 23.8 Å². The van der Waals surface area contributed by atoms with Crippen LogP contribution in [0.25, 0.3) is 6.08 Å². The van der Waals surface area contributed by atoms with E-state index in [4.69, 9.17) is 0 Å². The van der Waals surface area contributed by atoms with Gasteiger partial charge in [0.2, 0.25) is 17.7 Å². The lowest BCUT2D eigenvalue weighted by Gasteiger charge is -2.13. The van der Waals surface area contributed by atoms with Crippen LogP contribution in [-0.2, 0) is 14.4 Å². The van der Waals surface area contributed by atoms with Gasteiger partial charge in [-0.25, -0.2) is 4.39 Å². The van der Waals surface area contributed by atoms with E-state index in [1.807, 2.05) is 0 Å². The standard InChI is InChI=1S/C15H15FN2O3/c16-12-3-1-2-11(10-12)4-5-13(19)17-8-9-18-14(20)6-7-15(18)21/h1-5,10H,6-9H2,(H,17,19). The van der Waals surface area contributed by atoms with E-state index >= 15 is 0 Å². The summed E-state index contributed by atoms with van der Waals surface area (Å²) < 4.78 is 12.9. The van der Waals surface area contributed by atoms with Crippen molar-refractivity contribution in [2.45, 2.75) is 12.8 Å². The van der Waals surface area contributed by atoms with Gasteiger partial charge in [0, 0.05) is 32.0 Å². The van der Waals surface area contributed by atoms with E-state index < -0.39 is 0 Å². The highest BCUT2D eigenvalue weighted by Gasteiger charge is 2.27. The number of likely N-dealkylation sites (tertiary alicyclic amines) is 1. The van der Waals surface area contributed by atoms with Crippen LogP contribution >= 0.6 is 0 Å². The highest BCUT2D eigenvalue weighted by atomic mass is 19.1. The fraction of sp³-hybridized carbons (Fsp3) is 0.267. The van der Waals surface area contributed by atoms with Gasteiger partial charge in [-0.1, -0.05) is 12.1 Å². The number of hydrogen-bond acceptors (Lipinski definition) is 3. The van der Waals surface area contributed by atoms with Crippen LogP contribution in [-0.4, -0.2) is 35.7 Å². The molecule has 1 aromatic rings. The molecule has 0 spiro atoms. The van der Waals surface area contributed by atoms with Gasteiger partial charge in [-0.2, -0.15) is 0 Å². The molecule has 0 atom stereocenters. The number of halogens is 1. The molecule has 1 N–H and O–H groups in total. The maximum atomic E-state index is 12.9. The van der Waals surface area contributed by atoms with Gasteiger partial charge in [-0.3, -0.25) is 19.3 Å². The van der Waals surface area contributed by atoms with Gasteiger partial charge in [-0.15, -0.1) is 0 Å². The molecule has 1 aliphatic rings. The van der Waals surface area contributed by atoms with Crippen molar-refractivity contribution in [3.63, 3.8) is 0 Å². The fourth-order valence-corrected chi connectivity index (χ4v) is 2.00. The molecule has 3 amide bonds. The van der Waals surface area contributed by atoms with Gasteiger partial charge < -0.3 is 5.32 Å². The minimum absolute atomic E-state index is 0.178. The average Bonchev–Trinajstić information content (AvgIpc) is 2.77. The number of carbonyl (C=O) groups is 3. The summed E-state index contributed by atoms with van der Waals surface area (Å²) in [5.74, 6) is -1.14. The quantitative estimate of drug-likeness (QED) is 0.652. The third-order valence-electron chi connectivity index (χ3n) is 3.07. The first-order chi connectivity index (χ1) is 10.1. The molecule has 1 fully saturated rings. The Bertz CT molecular complexity index is 582. The van der Waals surface area contributed by atoms with Gasteiger partial charge in [0.05, 0.1) is 0 Å². The number of nitrogens with one attached hydrogen (secondary N) is 1. The zero-order valence-corrected chi connectivity index (χ0v) is 11.3. The van der Waals surface area contributed by atoms with Crippen molar-refractivity contribution in [1.29, 1.82) is 0 Å². The predicted octanol–water partition coefficient (Wildman–Crippen LogP) is 1.10. The van der Waals surface area contributed by atoms with Crippen molar-refractivity contribution in [2.24, 2.45) is 0 Å². The normalized spacial score (nSPS) is 15.0. The molecule has 0 saturated carbocycles. The summed E-state index contributed by atoms with van der Waals surface area (Å²) in [5, 5.41) is 2.57. The molecule has 1 aliphatic heterocycles. The van der Waals surface area contributed by atoms with Crippen LogP contribution in [0.15, 0.2) is 30.3 Å². The third-order valence-corrected chi connectivity index (χ3v) is 3.07. The number of nitrogens with zero attached hydrogens (tertiary/aromatic N) is 1. The lowest BCUT2D eigenvalue weighted by molar-refractivity contribution is -0.138. The highest BCUT2D eigenvalue weighted by Crippen LogP contribution is 2.10. The summed E-state index contributed by atoms with van der Waals surface area (Å²) in [5.41, 5.74) is 0.579. The average molecular weight is 290 g/mol. The van der Waals surface area contributed by atoms with Crippen LogP contribution in [0, 0.1) is 5.82 Å². The van der Waals surface area contributed by atoms with Crippen molar-refractivity contribution in [2.75, 3.05) is 13.1 Å². The van der Waals surface area contributed by atoms with Crippen LogP contribution < -0.4 is 5.32 Å². The zero-order chi connectivity index (χ0) is 15.2. The molecule has 110 valence electrons. The minimum Gasteiger partial charge on any atom is -0.351 e. The maximum Gasteiger partial charge on any atom is 0.244 e. The van der Waals surface area contributed by atoms with Gasteiger partial charge in [-0.05, 0) is 23.8 Å². The number of amides is 3. The van der Waals surface area contributed by atoms with E-state index in [2.05, 4.69) is 5.32 Å². The van der Waals surface area contributed by atoms with Crippen LogP contribution in [0.3, 0.4) is 0 Å². The molecule has 1 aromatic carbocycles. The van der Waals surface area contributed by atoms with Gasteiger partial charge in [0.25, 0.3) is 0 Å². The summed E-state index contributed by atoms with van der Waals surface area (Å²) in [6, 6.07) is 5.86. The topological polar surface area (TPSA) is 66.5 Å². The summed E-state index contributed by atoms with van der Waals surface area (Å²) in [4.78, 5) is 35.4. The Kier molecular flexibility index (Phi) is 4.81. The molecule has 0 bridgehead atoms. The van der Waals surface area contributed by atoms with E-state index in [-0.39, 0.29) is 49.5 Å². The lowest BCUT2D eigenvalue weighted by atomic mass is 10.2. The first-order valence-corrected chi connectivity index (χ1v) is 6.61. The van der Waals surface area contributed by atoms with Gasteiger partial charge in [0.15, 0.2) is 0 Å². The zero-order valence-electron chi connectivity index (χ0n) is 11.3. The summed E-state index contributed by atoms with van der Waals surface area (Å²) in [6.45, 7) is 0.376. The minimum atomic E-state index is -0.372. The molecule has 2 rings (SSSR count). The molecule has 0 radical (unpaired) electrons. The molecule has 1 saturated heterocycles. The van der Waals surface area contributed by atoms with Gasteiger partial charge >= 0.3 is 0 Å². The molecule has 0 unspecified atom stereocenters. The number of hydrogen-bond donors (Lipinski definition) is 1.